The number of amides is 1. The molecule has 2 heterocycles. The van der Waals surface area contributed by atoms with E-state index in [0.29, 0.717) is 22.2 Å². The van der Waals surface area contributed by atoms with Crippen LogP contribution < -0.4 is 10.6 Å². The Balaban J connectivity index is 1.58. The number of aromatic nitrogens is 4. The van der Waals surface area contributed by atoms with Crippen LogP contribution in [0.25, 0.3) is 32.9 Å². The Hall–Kier alpha value is -4.60. The molecule has 0 radical (unpaired) electrons. The normalized spacial score (nSPS) is 11.6. The van der Waals surface area contributed by atoms with Crippen molar-refractivity contribution in [2.75, 3.05) is 10.6 Å². The molecular formula is C26H19F3N6O. The number of carbonyl (C=O) groups excluding carboxylic acids is 1. The molecule has 0 aliphatic heterocycles. The van der Waals surface area contributed by atoms with E-state index in [2.05, 4.69) is 30.6 Å². The SMILES string of the molecule is CC(=O)Nc1ncc2cc(-c3c(C)ccc4c(Nc5cccc(C(F)(F)F)c5)ncnc34)ccc2n1. The maximum Gasteiger partial charge on any atom is 0.416 e. The van der Waals surface area contributed by atoms with Crippen LogP contribution in [0.3, 0.4) is 0 Å². The van der Waals surface area contributed by atoms with Gasteiger partial charge in [0.15, 0.2) is 0 Å². The minimum atomic E-state index is -4.45. The number of halogens is 3. The van der Waals surface area contributed by atoms with E-state index >= 15 is 0 Å². The van der Waals surface area contributed by atoms with Gasteiger partial charge in [0.25, 0.3) is 0 Å². The Morgan fingerprint density at radius 1 is 0.972 bits per heavy atom. The van der Waals surface area contributed by atoms with Crippen LogP contribution in [0, 0.1) is 6.92 Å². The van der Waals surface area contributed by atoms with Gasteiger partial charge in [0.1, 0.15) is 12.1 Å². The zero-order valence-electron chi connectivity index (χ0n) is 19.2. The highest BCUT2D eigenvalue weighted by molar-refractivity contribution is 6.02. The van der Waals surface area contributed by atoms with Crippen molar-refractivity contribution >= 4 is 45.2 Å². The molecule has 2 N–H and O–H groups in total. The summed E-state index contributed by atoms with van der Waals surface area (Å²) in [7, 11) is 0. The van der Waals surface area contributed by atoms with Gasteiger partial charge in [-0.2, -0.15) is 13.2 Å². The molecule has 0 fully saturated rings. The molecule has 5 rings (SSSR count). The first-order valence-electron chi connectivity index (χ1n) is 10.9. The van der Waals surface area contributed by atoms with E-state index in [1.807, 2.05) is 37.3 Å². The topological polar surface area (TPSA) is 92.7 Å². The minimum Gasteiger partial charge on any atom is -0.340 e. The van der Waals surface area contributed by atoms with Gasteiger partial charge in [-0.25, -0.2) is 19.9 Å². The van der Waals surface area contributed by atoms with Gasteiger partial charge in [-0.15, -0.1) is 0 Å². The summed E-state index contributed by atoms with van der Waals surface area (Å²) in [4.78, 5) is 28.6. The predicted octanol–water partition coefficient (Wildman–Crippen LogP) is 6.27. The van der Waals surface area contributed by atoms with Crippen LogP contribution in [0.2, 0.25) is 0 Å². The Morgan fingerprint density at radius 3 is 2.58 bits per heavy atom. The zero-order chi connectivity index (χ0) is 25.4. The largest absolute Gasteiger partial charge is 0.416 e. The molecule has 5 aromatic rings. The minimum absolute atomic E-state index is 0.224. The number of alkyl halides is 3. The second-order valence-electron chi connectivity index (χ2n) is 8.23. The van der Waals surface area contributed by atoms with Crippen LogP contribution in [0.1, 0.15) is 18.1 Å². The Morgan fingerprint density at radius 2 is 1.81 bits per heavy atom. The van der Waals surface area contributed by atoms with Crippen LogP contribution >= 0.6 is 0 Å². The zero-order valence-corrected chi connectivity index (χ0v) is 19.2. The number of rotatable bonds is 4. The number of aryl methyl sites for hydroxylation is 1. The van der Waals surface area contributed by atoms with Crippen LogP contribution in [0.4, 0.5) is 30.6 Å². The van der Waals surface area contributed by atoms with Gasteiger partial charge < -0.3 is 5.32 Å². The molecular weight excluding hydrogens is 469 g/mol. The van der Waals surface area contributed by atoms with E-state index in [1.165, 1.54) is 19.3 Å². The lowest BCUT2D eigenvalue weighted by atomic mass is 9.96. The summed E-state index contributed by atoms with van der Waals surface area (Å²) < 4.78 is 39.5. The van der Waals surface area contributed by atoms with Gasteiger partial charge in [0.2, 0.25) is 11.9 Å². The number of fused-ring (bicyclic) bond motifs is 2. The molecule has 10 heteroatoms. The highest BCUT2D eigenvalue weighted by Crippen LogP contribution is 2.36. The molecule has 3 aromatic carbocycles. The third-order valence-corrected chi connectivity index (χ3v) is 5.62. The van der Waals surface area contributed by atoms with Gasteiger partial charge in [0.05, 0.1) is 16.6 Å². The number of anilines is 3. The van der Waals surface area contributed by atoms with Crippen molar-refractivity contribution < 1.29 is 18.0 Å². The van der Waals surface area contributed by atoms with Gasteiger partial charge in [-0.1, -0.05) is 18.2 Å². The highest BCUT2D eigenvalue weighted by atomic mass is 19.4. The molecule has 1 amide bonds. The van der Waals surface area contributed by atoms with E-state index in [4.69, 9.17) is 0 Å². The van der Waals surface area contributed by atoms with Crippen molar-refractivity contribution in [1.29, 1.82) is 0 Å². The van der Waals surface area contributed by atoms with Crippen molar-refractivity contribution in [1.82, 2.24) is 19.9 Å². The van der Waals surface area contributed by atoms with Crippen LogP contribution in [0.5, 0.6) is 0 Å². The lowest BCUT2D eigenvalue weighted by Crippen LogP contribution is -2.08. The summed E-state index contributed by atoms with van der Waals surface area (Å²) in [6, 6.07) is 14.4. The van der Waals surface area contributed by atoms with E-state index in [1.54, 1.807) is 12.3 Å². The number of nitrogens with zero attached hydrogens (tertiary/aromatic N) is 4. The molecule has 0 saturated carbocycles. The Kier molecular flexibility index (Phi) is 5.71. The summed E-state index contributed by atoms with van der Waals surface area (Å²) >= 11 is 0. The molecule has 0 unspecified atom stereocenters. The third-order valence-electron chi connectivity index (χ3n) is 5.62. The quantitative estimate of drug-likeness (QED) is 0.310. The van der Waals surface area contributed by atoms with Gasteiger partial charge in [-0.05, 0) is 54.4 Å². The average molecular weight is 488 g/mol. The number of carbonyl (C=O) groups is 1. The van der Waals surface area contributed by atoms with Crippen molar-refractivity contribution in [3.05, 3.63) is 78.2 Å². The predicted molar refractivity (Wildman–Crippen MR) is 132 cm³/mol. The Labute approximate surface area is 203 Å². The first kappa shape index (κ1) is 23.2. The molecule has 7 nitrogen and oxygen atoms in total. The standard InChI is InChI=1S/C26H19F3N6O/c1-14-6-8-20-23(31-13-32-24(20)34-19-5-3-4-18(11-19)26(27,28)29)22(14)16-7-9-21-17(10-16)12-30-25(35-21)33-15(2)36/h3-13H,1-2H3,(H,31,32,34)(H,30,33,35,36). The second kappa shape index (κ2) is 8.88. The summed E-state index contributed by atoms with van der Waals surface area (Å²) in [5.74, 6) is 0.360. The second-order valence-corrected chi connectivity index (χ2v) is 8.23. The molecule has 36 heavy (non-hydrogen) atoms. The number of nitrogens with one attached hydrogen (secondary N) is 2. The lowest BCUT2D eigenvalue weighted by molar-refractivity contribution is -0.137. The highest BCUT2D eigenvalue weighted by Gasteiger charge is 2.30. The summed E-state index contributed by atoms with van der Waals surface area (Å²) in [5.41, 5.74) is 3.51. The van der Waals surface area contributed by atoms with Crippen molar-refractivity contribution in [3.63, 3.8) is 0 Å². The smallest absolute Gasteiger partial charge is 0.340 e. The van der Waals surface area contributed by atoms with Gasteiger partial charge in [0, 0.05) is 35.1 Å². The number of hydrogen-bond acceptors (Lipinski definition) is 6. The fourth-order valence-electron chi connectivity index (χ4n) is 4.01. The molecule has 2 aromatic heterocycles. The molecule has 180 valence electrons. The van der Waals surface area contributed by atoms with Crippen molar-refractivity contribution in [2.24, 2.45) is 0 Å². The first-order valence-corrected chi connectivity index (χ1v) is 10.9. The van der Waals surface area contributed by atoms with E-state index in [0.717, 1.165) is 34.2 Å². The Bertz CT molecular complexity index is 1630. The van der Waals surface area contributed by atoms with Gasteiger partial charge in [-0.3, -0.25) is 10.1 Å². The monoisotopic (exact) mass is 488 g/mol. The van der Waals surface area contributed by atoms with E-state index in [-0.39, 0.29) is 17.5 Å². The molecule has 0 aliphatic rings. The van der Waals surface area contributed by atoms with Crippen molar-refractivity contribution in [2.45, 2.75) is 20.0 Å². The fraction of sp³-hybridized carbons (Fsp3) is 0.115. The average Bonchev–Trinajstić information content (AvgIpc) is 2.83. The molecule has 0 saturated heterocycles. The van der Waals surface area contributed by atoms with Crippen LogP contribution in [0.15, 0.2) is 67.1 Å². The maximum atomic E-state index is 13.2. The summed E-state index contributed by atoms with van der Waals surface area (Å²) in [6.07, 6.45) is -1.43. The van der Waals surface area contributed by atoms with E-state index < -0.39 is 11.7 Å². The van der Waals surface area contributed by atoms with Crippen LogP contribution in [-0.2, 0) is 11.0 Å². The molecule has 0 aliphatic carbocycles. The molecule has 0 bridgehead atoms. The third kappa shape index (κ3) is 4.52. The van der Waals surface area contributed by atoms with Crippen molar-refractivity contribution in [3.8, 4) is 11.1 Å². The maximum absolute atomic E-state index is 13.2. The first-order chi connectivity index (χ1) is 17.2. The van der Waals surface area contributed by atoms with Crippen LogP contribution in [-0.4, -0.2) is 25.8 Å². The summed E-state index contributed by atoms with van der Waals surface area (Å²) in [6.45, 7) is 3.34. The number of hydrogen-bond donors (Lipinski definition) is 2. The lowest BCUT2D eigenvalue weighted by Gasteiger charge is -2.14. The molecule has 0 spiro atoms. The summed E-state index contributed by atoms with van der Waals surface area (Å²) in [5, 5.41) is 7.00. The fourth-order valence-corrected chi connectivity index (χ4v) is 4.01. The number of benzene rings is 3. The molecule has 0 atom stereocenters. The van der Waals surface area contributed by atoms with E-state index in [9.17, 15) is 18.0 Å². The van der Waals surface area contributed by atoms with Gasteiger partial charge >= 0.3 is 6.18 Å².